The quantitative estimate of drug-likeness (QED) is 0.765. The number of ether oxygens (including phenoxy) is 2. The number of nitrogens with zero attached hydrogens (tertiary/aromatic N) is 2. The third-order valence-corrected chi connectivity index (χ3v) is 5.72. The molecule has 0 aromatic carbocycles. The first-order valence-electron chi connectivity index (χ1n) is 10.2. The van der Waals surface area contributed by atoms with Crippen molar-refractivity contribution in [3.63, 3.8) is 0 Å². The fourth-order valence-electron chi connectivity index (χ4n) is 4.61. The summed E-state index contributed by atoms with van der Waals surface area (Å²) in [7, 11) is 0. The number of carbonyl (C=O) groups excluding carboxylic acids is 2. The molecule has 3 fully saturated rings. The number of carbonyl (C=O) groups is 2. The van der Waals surface area contributed by atoms with Crippen molar-refractivity contribution >= 4 is 11.8 Å². The van der Waals surface area contributed by atoms with Gasteiger partial charge in [-0.1, -0.05) is 13.8 Å². The lowest BCUT2D eigenvalue weighted by Gasteiger charge is -2.48. The first-order valence-corrected chi connectivity index (χ1v) is 10.2. The molecule has 0 aliphatic carbocycles. The van der Waals surface area contributed by atoms with E-state index in [1.807, 2.05) is 16.7 Å². The Morgan fingerprint density at radius 2 is 2.12 bits per heavy atom. The van der Waals surface area contributed by atoms with Crippen LogP contribution >= 0.6 is 0 Å². The third-order valence-electron chi connectivity index (χ3n) is 5.72. The van der Waals surface area contributed by atoms with Gasteiger partial charge in [0.25, 0.3) is 0 Å². The van der Waals surface area contributed by atoms with Crippen LogP contribution in [0.2, 0.25) is 0 Å². The molecule has 0 N–H and O–H groups in total. The predicted octanol–water partition coefficient (Wildman–Crippen LogP) is 2.21. The summed E-state index contributed by atoms with van der Waals surface area (Å²) in [6.45, 7) is 9.46. The first-order chi connectivity index (χ1) is 12.4. The van der Waals surface area contributed by atoms with E-state index in [0.29, 0.717) is 38.6 Å². The molecule has 3 heterocycles. The average molecular weight is 367 g/mol. The minimum absolute atomic E-state index is 0.00819. The lowest BCUT2D eigenvalue weighted by molar-refractivity contribution is -0.201. The highest BCUT2D eigenvalue weighted by Gasteiger charge is 2.45. The summed E-state index contributed by atoms with van der Waals surface area (Å²) in [6, 6.07) is -0.338. The summed E-state index contributed by atoms with van der Waals surface area (Å²) in [4.78, 5) is 29.7. The summed E-state index contributed by atoms with van der Waals surface area (Å²) in [5, 5.41) is 0. The Kier molecular flexibility index (Phi) is 6.23. The minimum atomic E-state index is -0.375. The maximum Gasteiger partial charge on any atom is 0.245 e. The Labute approximate surface area is 157 Å². The molecule has 3 saturated heterocycles. The van der Waals surface area contributed by atoms with Gasteiger partial charge in [0.05, 0.1) is 19.3 Å². The number of morpholine rings is 1. The molecule has 3 aliphatic heterocycles. The van der Waals surface area contributed by atoms with Crippen molar-refractivity contribution in [3.8, 4) is 0 Å². The molecule has 6 nitrogen and oxygen atoms in total. The van der Waals surface area contributed by atoms with Crippen LogP contribution in [0.25, 0.3) is 0 Å². The predicted molar refractivity (Wildman–Crippen MR) is 98.7 cm³/mol. The van der Waals surface area contributed by atoms with Gasteiger partial charge >= 0.3 is 0 Å². The molecular formula is C20H34N2O4. The van der Waals surface area contributed by atoms with Gasteiger partial charge in [-0.3, -0.25) is 9.59 Å². The Morgan fingerprint density at radius 3 is 2.77 bits per heavy atom. The molecule has 3 aliphatic rings. The maximum absolute atomic E-state index is 13.5. The van der Waals surface area contributed by atoms with Crippen LogP contribution in [-0.2, 0) is 19.1 Å². The Hall–Kier alpha value is -1.14. The van der Waals surface area contributed by atoms with Gasteiger partial charge < -0.3 is 19.3 Å². The fourth-order valence-corrected chi connectivity index (χ4v) is 4.61. The van der Waals surface area contributed by atoms with Crippen molar-refractivity contribution < 1.29 is 19.1 Å². The molecule has 0 radical (unpaired) electrons. The van der Waals surface area contributed by atoms with Crippen molar-refractivity contribution in [2.24, 2.45) is 5.92 Å². The van der Waals surface area contributed by atoms with Crippen molar-refractivity contribution in [1.82, 2.24) is 9.80 Å². The number of likely N-dealkylation sites (tertiary alicyclic amines) is 1. The molecule has 3 unspecified atom stereocenters. The van der Waals surface area contributed by atoms with E-state index in [0.717, 1.165) is 38.7 Å². The molecule has 0 aromatic rings. The lowest BCUT2D eigenvalue weighted by Crippen LogP contribution is -2.63. The van der Waals surface area contributed by atoms with Crippen molar-refractivity contribution in [2.45, 2.75) is 77.0 Å². The minimum Gasteiger partial charge on any atom is -0.378 e. The van der Waals surface area contributed by atoms with Crippen molar-refractivity contribution in [1.29, 1.82) is 0 Å². The zero-order chi connectivity index (χ0) is 18.7. The molecule has 0 bridgehead atoms. The molecule has 3 rings (SSSR count). The molecule has 26 heavy (non-hydrogen) atoms. The number of piperidine rings is 1. The largest absolute Gasteiger partial charge is 0.378 e. The van der Waals surface area contributed by atoms with Crippen LogP contribution in [0.3, 0.4) is 0 Å². The average Bonchev–Trinajstić information content (AvgIpc) is 2.59. The Balaban J connectivity index is 1.77. The highest BCUT2D eigenvalue weighted by molar-refractivity contribution is 5.88. The highest BCUT2D eigenvalue weighted by Crippen LogP contribution is 2.31. The van der Waals surface area contributed by atoms with Crippen LogP contribution < -0.4 is 0 Å². The zero-order valence-electron chi connectivity index (χ0n) is 16.5. The molecule has 0 saturated carbocycles. The van der Waals surface area contributed by atoms with Crippen LogP contribution in [-0.4, -0.2) is 72.2 Å². The second-order valence-corrected chi connectivity index (χ2v) is 8.68. The van der Waals surface area contributed by atoms with Crippen LogP contribution in [0, 0.1) is 5.92 Å². The van der Waals surface area contributed by atoms with Gasteiger partial charge in [0.15, 0.2) is 0 Å². The molecular weight excluding hydrogens is 332 g/mol. The van der Waals surface area contributed by atoms with Gasteiger partial charge in [-0.15, -0.1) is 0 Å². The number of rotatable bonds is 4. The van der Waals surface area contributed by atoms with E-state index in [1.165, 1.54) is 0 Å². The second kappa shape index (κ2) is 8.26. The van der Waals surface area contributed by atoms with E-state index in [2.05, 4.69) is 13.8 Å². The number of hydrogen-bond donors (Lipinski definition) is 0. The van der Waals surface area contributed by atoms with E-state index in [9.17, 15) is 9.59 Å². The third kappa shape index (κ3) is 4.39. The topological polar surface area (TPSA) is 59.1 Å². The van der Waals surface area contributed by atoms with Crippen LogP contribution in [0.5, 0.6) is 0 Å². The van der Waals surface area contributed by atoms with Crippen molar-refractivity contribution in [3.05, 3.63) is 0 Å². The molecule has 6 heteroatoms. The number of amides is 2. The van der Waals surface area contributed by atoms with E-state index in [1.54, 1.807) is 0 Å². The molecule has 1 spiro atoms. The maximum atomic E-state index is 13.5. The molecule has 148 valence electrons. The summed E-state index contributed by atoms with van der Waals surface area (Å²) in [5.74, 6) is 0.588. The molecule has 2 amide bonds. The zero-order valence-corrected chi connectivity index (χ0v) is 16.5. The van der Waals surface area contributed by atoms with Gasteiger partial charge in [0.1, 0.15) is 11.6 Å². The summed E-state index contributed by atoms with van der Waals surface area (Å²) >= 11 is 0. The molecule has 3 atom stereocenters. The SMILES string of the molecule is CC(C)CC(C(=O)N1CC(C)OC2(CCCOC2)C1)N1CCCCC1=O. The van der Waals surface area contributed by atoms with Gasteiger partial charge in [0.2, 0.25) is 11.8 Å². The number of hydrogen-bond acceptors (Lipinski definition) is 4. The summed E-state index contributed by atoms with van der Waals surface area (Å²) in [5.41, 5.74) is -0.375. The normalized spacial score (nSPS) is 31.5. The smallest absolute Gasteiger partial charge is 0.245 e. The van der Waals surface area contributed by atoms with Gasteiger partial charge in [-0.25, -0.2) is 0 Å². The van der Waals surface area contributed by atoms with E-state index >= 15 is 0 Å². The van der Waals surface area contributed by atoms with Crippen molar-refractivity contribution in [2.75, 3.05) is 32.8 Å². The molecule has 0 aromatic heterocycles. The lowest BCUT2D eigenvalue weighted by atomic mass is 9.92. The van der Waals surface area contributed by atoms with E-state index < -0.39 is 0 Å². The van der Waals surface area contributed by atoms with Gasteiger partial charge in [-0.05, 0) is 44.9 Å². The van der Waals surface area contributed by atoms with Gasteiger partial charge in [-0.2, -0.15) is 0 Å². The van der Waals surface area contributed by atoms with Crippen LogP contribution in [0.15, 0.2) is 0 Å². The van der Waals surface area contributed by atoms with Crippen LogP contribution in [0.1, 0.15) is 59.3 Å². The second-order valence-electron chi connectivity index (χ2n) is 8.68. The monoisotopic (exact) mass is 366 g/mol. The van der Waals surface area contributed by atoms with E-state index in [-0.39, 0.29) is 29.6 Å². The Morgan fingerprint density at radius 1 is 1.31 bits per heavy atom. The summed E-state index contributed by atoms with van der Waals surface area (Å²) < 4.78 is 11.9. The van der Waals surface area contributed by atoms with E-state index in [4.69, 9.17) is 9.47 Å². The highest BCUT2D eigenvalue weighted by atomic mass is 16.6. The first kappa shape index (κ1) is 19.6. The standard InChI is InChI=1S/C20H34N2O4/c1-15(2)11-17(22-9-5-4-7-18(22)23)19(24)21-12-16(3)26-20(13-21)8-6-10-25-14-20/h15-17H,4-14H2,1-3H3. The van der Waals surface area contributed by atoms with Gasteiger partial charge in [0, 0.05) is 26.1 Å². The van der Waals surface area contributed by atoms with Crippen LogP contribution in [0.4, 0.5) is 0 Å². The summed E-state index contributed by atoms with van der Waals surface area (Å²) in [6.07, 6.45) is 5.11. The Bertz CT molecular complexity index is 516. The fraction of sp³-hybridized carbons (Fsp3) is 0.900.